The quantitative estimate of drug-likeness (QED) is 0.188. The van der Waals surface area contributed by atoms with Crippen LogP contribution in [0.25, 0.3) is 0 Å². The van der Waals surface area contributed by atoms with E-state index in [0.717, 1.165) is 32.1 Å². The molecule has 0 aromatic heterocycles. The van der Waals surface area contributed by atoms with Gasteiger partial charge in [-0.25, -0.2) is 8.42 Å². The van der Waals surface area contributed by atoms with Crippen molar-refractivity contribution in [1.29, 1.82) is 0 Å². The van der Waals surface area contributed by atoms with Crippen molar-refractivity contribution in [3.63, 3.8) is 0 Å². The molecule has 4 aromatic carbocycles. The summed E-state index contributed by atoms with van der Waals surface area (Å²) >= 11 is 6.46. The molecule has 1 atom stereocenters. The minimum Gasteiger partial charge on any atom is -0.352 e. The lowest BCUT2D eigenvalue weighted by Crippen LogP contribution is -2.54. The first-order valence-corrected chi connectivity index (χ1v) is 16.7. The molecular formula is C36H40ClN3O4S. The van der Waals surface area contributed by atoms with E-state index in [1.54, 1.807) is 30.3 Å². The van der Waals surface area contributed by atoms with Crippen LogP contribution in [0.5, 0.6) is 0 Å². The molecule has 0 bridgehead atoms. The highest BCUT2D eigenvalue weighted by Crippen LogP contribution is 2.29. The second kappa shape index (κ2) is 14.8. The fourth-order valence-corrected chi connectivity index (χ4v) is 6.59. The van der Waals surface area contributed by atoms with E-state index in [-0.39, 0.29) is 35.5 Å². The third kappa shape index (κ3) is 8.53. The van der Waals surface area contributed by atoms with Gasteiger partial charge in [0.05, 0.1) is 10.6 Å². The molecule has 0 radical (unpaired) electrons. The standard InChI is InChI=1S/C36H40ClN3O4S/c1-25(2)38-36(42)34(21-29-12-7-6-8-13-29)39(23-30-14-10-9-11-27(30)4)35(41)24-40(31-18-17-28(5)33(37)22-31)45(43,44)32-19-15-26(3)16-20-32/h6-20,22,25,34H,21,23-24H2,1-5H3,(H,38,42)/t34-/m0/s1. The molecule has 0 saturated heterocycles. The number of hydrogen-bond acceptors (Lipinski definition) is 4. The Balaban J connectivity index is 1.83. The summed E-state index contributed by atoms with van der Waals surface area (Å²) < 4.78 is 29.4. The monoisotopic (exact) mass is 645 g/mol. The van der Waals surface area contributed by atoms with Crippen LogP contribution >= 0.6 is 11.6 Å². The molecule has 9 heteroatoms. The van der Waals surface area contributed by atoms with Crippen molar-refractivity contribution in [2.24, 2.45) is 0 Å². The minimum atomic E-state index is -4.21. The van der Waals surface area contributed by atoms with E-state index in [2.05, 4.69) is 5.32 Å². The van der Waals surface area contributed by atoms with Crippen molar-refractivity contribution >= 4 is 39.1 Å². The van der Waals surface area contributed by atoms with Crippen LogP contribution < -0.4 is 9.62 Å². The maximum Gasteiger partial charge on any atom is 0.264 e. The number of anilines is 1. The van der Waals surface area contributed by atoms with E-state index in [0.29, 0.717) is 5.02 Å². The van der Waals surface area contributed by atoms with E-state index in [9.17, 15) is 18.0 Å². The summed E-state index contributed by atoms with van der Waals surface area (Å²) in [6.45, 7) is 8.94. The van der Waals surface area contributed by atoms with Crippen LogP contribution in [0.1, 0.15) is 41.7 Å². The number of nitrogens with zero attached hydrogens (tertiary/aromatic N) is 2. The van der Waals surface area contributed by atoms with E-state index in [1.165, 1.54) is 17.0 Å². The minimum absolute atomic E-state index is 0.0430. The Kier molecular flexibility index (Phi) is 11.1. The van der Waals surface area contributed by atoms with Crippen LogP contribution in [0, 0.1) is 20.8 Å². The molecule has 0 aliphatic carbocycles. The topological polar surface area (TPSA) is 86.8 Å². The van der Waals surface area contributed by atoms with Crippen LogP contribution in [0.3, 0.4) is 0 Å². The zero-order chi connectivity index (χ0) is 32.7. The molecule has 0 heterocycles. The zero-order valence-corrected chi connectivity index (χ0v) is 27.9. The van der Waals surface area contributed by atoms with Crippen molar-refractivity contribution < 1.29 is 18.0 Å². The largest absolute Gasteiger partial charge is 0.352 e. The molecule has 0 spiro atoms. The number of benzene rings is 4. The Morgan fingerprint density at radius 1 is 0.822 bits per heavy atom. The lowest BCUT2D eigenvalue weighted by atomic mass is 10.0. The van der Waals surface area contributed by atoms with E-state index in [1.807, 2.05) is 89.2 Å². The SMILES string of the molecule is Cc1ccc(S(=O)(=O)N(CC(=O)N(Cc2ccccc2C)[C@@H](Cc2ccccc2)C(=O)NC(C)C)c2ccc(C)c(Cl)c2)cc1. The summed E-state index contributed by atoms with van der Waals surface area (Å²) in [5, 5.41) is 3.35. The van der Waals surface area contributed by atoms with Gasteiger partial charge in [-0.3, -0.25) is 13.9 Å². The predicted octanol–water partition coefficient (Wildman–Crippen LogP) is 6.63. The lowest BCUT2D eigenvalue weighted by molar-refractivity contribution is -0.140. The van der Waals surface area contributed by atoms with E-state index >= 15 is 0 Å². The number of carbonyl (C=O) groups is 2. The maximum absolute atomic E-state index is 14.6. The van der Waals surface area contributed by atoms with E-state index < -0.39 is 28.5 Å². The first-order valence-electron chi connectivity index (χ1n) is 14.9. The number of rotatable bonds is 12. The Morgan fingerprint density at radius 2 is 1.47 bits per heavy atom. The molecule has 2 amide bonds. The highest BCUT2D eigenvalue weighted by molar-refractivity contribution is 7.92. The number of sulfonamides is 1. The van der Waals surface area contributed by atoms with Crippen molar-refractivity contribution in [3.05, 3.63) is 130 Å². The van der Waals surface area contributed by atoms with Gasteiger partial charge in [-0.05, 0) is 81.1 Å². The summed E-state index contributed by atoms with van der Waals surface area (Å²) in [5.74, 6) is -0.840. The van der Waals surface area contributed by atoms with Gasteiger partial charge in [-0.15, -0.1) is 0 Å². The van der Waals surface area contributed by atoms with Gasteiger partial charge in [-0.2, -0.15) is 0 Å². The number of hydrogen-bond donors (Lipinski definition) is 1. The number of aryl methyl sites for hydroxylation is 3. The van der Waals surface area contributed by atoms with Crippen molar-refractivity contribution in [3.8, 4) is 0 Å². The van der Waals surface area contributed by atoms with E-state index in [4.69, 9.17) is 11.6 Å². The molecule has 236 valence electrons. The van der Waals surface area contributed by atoms with Gasteiger partial charge in [0, 0.05) is 24.0 Å². The smallest absolute Gasteiger partial charge is 0.264 e. The summed E-state index contributed by atoms with van der Waals surface area (Å²) in [7, 11) is -4.21. The molecule has 1 N–H and O–H groups in total. The average Bonchev–Trinajstić information content (AvgIpc) is 3.00. The predicted molar refractivity (Wildman–Crippen MR) is 181 cm³/mol. The third-order valence-corrected chi connectivity index (χ3v) is 9.83. The zero-order valence-electron chi connectivity index (χ0n) is 26.3. The lowest BCUT2D eigenvalue weighted by Gasteiger charge is -2.34. The molecule has 0 aliphatic rings. The molecule has 0 unspecified atom stereocenters. The molecule has 7 nitrogen and oxygen atoms in total. The summed E-state index contributed by atoms with van der Waals surface area (Å²) in [6.07, 6.45) is 0.248. The summed E-state index contributed by atoms with van der Waals surface area (Å²) in [5.41, 5.74) is 4.60. The van der Waals surface area contributed by atoms with Gasteiger partial charge >= 0.3 is 0 Å². The number of nitrogens with one attached hydrogen (secondary N) is 1. The van der Waals surface area contributed by atoms with Crippen molar-refractivity contribution in [2.75, 3.05) is 10.8 Å². The number of halogens is 1. The molecule has 0 aliphatic heterocycles. The first kappa shape index (κ1) is 33.7. The van der Waals surface area contributed by atoms with Crippen LogP contribution in [-0.4, -0.2) is 43.8 Å². The molecule has 4 rings (SSSR count). The van der Waals surface area contributed by atoms with Crippen LogP contribution in [0.15, 0.2) is 102 Å². The summed E-state index contributed by atoms with van der Waals surface area (Å²) in [6, 6.07) is 27.4. The van der Waals surface area contributed by atoms with Gasteiger partial charge in [0.15, 0.2) is 0 Å². The van der Waals surface area contributed by atoms with Crippen LogP contribution in [0.2, 0.25) is 5.02 Å². The van der Waals surface area contributed by atoms with Gasteiger partial charge < -0.3 is 10.2 Å². The third-order valence-electron chi connectivity index (χ3n) is 7.64. The Bertz CT molecular complexity index is 1740. The Morgan fingerprint density at radius 3 is 2.09 bits per heavy atom. The highest BCUT2D eigenvalue weighted by atomic mass is 35.5. The van der Waals surface area contributed by atoms with Crippen LogP contribution in [-0.2, 0) is 32.6 Å². The number of amides is 2. The first-order chi connectivity index (χ1) is 21.4. The highest BCUT2D eigenvalue weighted by Gasteiger charge is 2.35. The fraction of sp³-hybridized carbons (Fsp3) is 0.278. The molecular weight excluding hydrogens is 606 g/mol. The normalized spacial score (nSPS) is 12.1. The molecule has 45 heavy (non-hydrogen) atoms. The maximum atomic E-state index is 14.6. The van der Waals surface area contributed by atoms with Crippen molar-refractivity contribution in [2.45, 2.75) is 64.6 Å². The van der Waals surface area contributed by atoms with Gasteiger partial charge in [-0.1, -0.05) is 90.0 Å². The molecule has 0 fully saturated rings. The Labute approximate surface area is 271 Å². The van der Waals surface area contributed by atoms with Crippen molar-refractivity contribution in [1.82, 2.24) is 10.2 Å². The molecule has 4 aromatic rings. The summed E-state index contributed by atoms with van der Waals surface area (Å²) in [4.78, 5) is 29.9. The average molecular weight is 646 g/mol. The van der Waals surface area contributed by atoms with Gasteiger partial charge in [0.1, 0.15) is 12.6 Å². The fourth-order valence-electron chi connectivity index (χ4n) is 5.01. The Hall–Kier alpha value is -4.14. The van der Waals surface area contributed by atoms with Crippen LogP contribution in [0.4, 0.5) is 5.69 Å². The second-order valence-electron chi connectivity index (χ2n) is 11.6. The molecule has 0 saturated carbocycles. The van der Waals surface area contributed by atoms with Gasteiger partial charge in [0.2, 0.25) is 11.8 Å². The second-order valence-corrected chi connectivity index (χ2v) is 13.8. The number of carbonyl (C=O) groups excluding carboxylic acids is 2. The van der Waals surface area contributed by atoms with Gasteiger partial charge in [0.25, 0.3) is 10.0 Å².